The van der Waals surface area contributed by atoms with E-state index < -0.39 is 0 Å². The van der Waals surface area contributed by atoms with Crippen LogP contribution in [0.3, 0.4) is 0 Å². The highest BCUT2D eigenvalue weighted by molar-refractivity contribution is 6.28. The molecule has 0 unspecified atom stereocenters. The first-order valence-corrected chi connectivity index (χ1v) is 3.01. The average Bonchev–Trinajstić information content (AvgIpc) is 1.90. The van der Waals surface area contributed by atoms with Gasteiger partial charge in [0, 0.05) is 19.5 Å². The topological polar surface area (TPSA) is 24.4 Å². The Morgan fingerprint density at radius 1 is 1.88 bits per heavy atom. The first-order valence-electron chi connectivity index (χ1n) is 2.47. The van der Waals surface area contributed by atoms with E-state index in [1.807, 2.05) is 0 Å². The zero-order valence-electron chi connectivity index (χ0n) is 4.45. The maximum absolute atomic E-state index is 5.46. The van der Waals surface area contributed by atoms with Crippen molar-refractivity contribution in [3.8, 4) is 0 Å². The minimum atomic E-state index is 0.488. The maximum atomic E-state index is 5.46. The SMILES string of the molecule is ClCC1=NC[C]CN1. The van der Waals surface area contributed by atoms with Crippen molar-refractivity contribution in [2.45, 2.75) is 0 Å². The van der Waals surface area contributed by atoms with Crippen LogP contribution >= 0.6 is 11.6 Å². The van der Waals surface area contributed by atoms with E-state index in [9.17, 15) is 0 Å². The highest BCUT2D eigenvalue weighted by Crippen LogP contribution is 1.89. The van der Waals surface area contributed by atoms with Crippen LogP contribution in [-0.2, 0) is 0 Å². The molecule has 0 aromatic heterocycles. The van der Waals surface area contributed by atoms with E-state index in [-0.39, 0.29) is 0 Å². The lowest BCUT2D eigenvalue weighted by Gasteiger charge is -2.10. The summed E-state index contributed by atoms with van der Waals surface area (Å²) in [6.45, 7) is 1.47. The fourth-order valence-electron chi connectivity index (χ4n) is 0.517. The summed E-state index contributed by atoms with van der Waals surface area (Å²) in [5.41, 5.74) is 0. The molecule has 2 radical (unpaired) electrons. The lowest BCUT2D eigenvalue weighted by Crippen LogP contribution is -2.30. The minimum absolute atomic E-state index is 0.488. The number of halogens is 1. The van der Waals surface area contributed by atoms with Gasteiger partial charge in [-0.1, -0.05) is 0 Å². The standard InChI is InChI=1S/C5H7ClN2/c6-4-5-7-2-1-3-8-5/h2-4H2,(H,7,8). The van der Waals surface area contributed by atoms with E-state index >= 15 is 0 Å². The second-order valence-corrected chi connectivity index (χ2v) is 1.77. The van der Waals surface area contributed by atoms with Crippen LogP contribution in [0, 0.1) is 6.42 Å². The Morgan fingerprint density at radius 2 is 2.75 bits per heavy atom. The summed E-state index contributed by atoms with van der Waals surface area (Å²) in [6.07, 6.45) is 2.99. The quantitative estimate of drug-likeness (QED) is 0.508. The lowest BCUT2D eigenvalue weighted by molar-refractivity contribution is 0.876. The molecule has 0 spiro atoms. The molecule has 1 aliphatic rings. The second-order valence-electron chi connectivity index (χ2n) is 1.50. The first kappa shape index (κ1) is 5.89. The van der Waals surface area contributed by atoms with Crippen LogP contribution in [0.5, 0.6) is 0 Å². The lowest BCUT2D eigenvalue weighted by atomic mass is 10.4. The molecule has 0 aromatic rings. The Hall–Kier alpha value is -0.240. The zero-order chi connectivity index (χ0) is 5.82. The number of rotatable bonds is 1. The van der Waals surface area contributed by atoms with Gasteiger partial charge in [0.25, 0.3) is 0 Å². The molecule has 1 aliphatic heterocycles. The summed E-state index contributed by atoms with van der Waals surface area (Å²) in [7, 11) is 0. The molecule has 1 heterocycles. The van der Waals surface area contributed by atoms with Crippen LogP contribution in [-0.4, -0.2) is 24.8 Å². The minimum Gasteiger partial charge on any atom is -0.372 e. The van der Waals surface area contributed by atoms with Crippen LogP contribution in [0.2, 0.25) is 0 Å². The van der Waals surface area contributed by atoms with Gasteiger partial charge in [-0.3, -0.25) is 4.99 Å². The van der Waals surface area contributed by atoms with Crippen molar-refractivity contribution in [2.24, 2.45) is 4.99 Å². The predicted molar refractivity (Wildman–Crippen MR) is 34.3 cm³/mol. The van der Waals surface area contributed by atoms with E-state index in [4.69, 9.17) is 11.6 Å². The van der Waals surface area contributed by atoms with Crippen molar-refractivity contribution >= 4 is 17.4 Å². The summed E-state index contributed by atoms with van der Waals surface area (Å²) < 4.78 is 0. The largest absolute Gasteiger partial charge is 0.372 e. The Morgan fingerprint density at radius 3 is 3.12 bits per heavy atom. The van der Waals surface area contributed by atoms with Gasteiger partial charge in [0.1, 0.15) is 5.84 Å². The third-order valence-corrected chi connectivity index (χ3v) is 1.18. The molecule has 1 rings (SSSR count). The fraction of sp³-hybridized carbons (Fsp3) is 0.600. The van der Waals surface area contributed by atoms with Crippen molar-refractivity contribution in [1.82, 2.24) is 5.32 Å². The molecule has 0 aliphatic carbocycles. The monoisotopic (exact) mass is 130 g/mol. The smallest absolute Gasteiger partial charge is 0.111 e. The maximum Gasteiger partial charge on any atom is 0.111 e. The van der Waals surface area contributed by atoms with Crippen LogP contribution < -0.4 is 5.32 Å². The number of amidine groups is 1. The second kappa shape index (κ2) is 2.92. The van der Waals surface area contributed by atoms with Crippen LogP contribution in [0.1, 0.15) is 0 Å². The van der Waals surface area contributed by atoms with Gasteiger partial charge in [-0.15, -0.1) is 11.6 Å². The summed E-state index contributed by atoms with van der Waals surface area (Å²) in [6, 6.07) is 0. The van der Waals surface area contributed by atoms with Gasteiger partial charge in [-0.2, -0.15) is 0 Å². The van der Waals surface area contributed by atoms with Gasteiger partial charge in [0.05, 0.1) is 5.88 Å². The van der Waals surface area contributed by atoms with Gasteiger partial charge in [-0.05, 0) is 0 Å². The molecule has 3 heteroatoms. The first-order chi connectivity index (χ1) is 3.93. The van der Waals surface area contributed by atoms with Crippen LogP contribution in [0.4, 0.5) is 0 Å². The molecule has 0 bridgehead atoms. The van der Waals surface area contributed by atoms with Gasteiger partial charge < -0.3 is 5.32 Å². The van der Waals surface area contributed by atoms with Crippen molar-refractivity contribution in [3.05, 3.63) is 6.42 Å². The highest BCUT2D eigenvalue weighted by Gasteiger charge is 2.00. The molecular weight excluding hydrogens is 124 g/mol. The van der Waals surface area contributed by atoms with E-state index in [1.54, 1.807) is 0 Å². The average molecular weight is 131 g/mol. The van der Waals surface area contributed by atoms with E-state index in [0.717, 1.165) is 12.4 Å². The van der Waals surface area contributed by atoms with Crippen LogP contribution in [0.15, 0.2) is 4.99 Å². The number of hydrogen-bond acceptors (Lipinski definition) is 2. The van der Waals surface area contributed by atoms with Gasteiger partial charge in [0.2, 0.25) is 0 Å². The molecule has 0 atom stereocenters. The highest BCUT2D eigenvalue weighted by atomic mass is 35.5. The zero-order valence-corrected chi connectivity index (χ0v) is 5.20. The Balaban J connectivity index is 2.37. The summed E-state index contributed by atoms with van der Waals surface area (Å²) in [4.78, 5) is 4.01. The number of alkyl halides is 1. The normalized spacial score (nSPS) is 19.4. The molecule has 0 aromatic carbocycles. The molecular formula is C5H7ClN2. The van der Waals surface area contributed by atoms with Crippen LogP contribution in [0.25, 0.3) is 0 Å². The van der Waals surface area contributed by atoms with E-state index in [2.05, 4.69) is 16.7 Å². The predicted octanol–water partition coefficient (Wildman–Crippen LogP) is 0.308. The molecule has 0 fully saturated rings. The molecule has 0 saturated heterocycles. The Kier molecular flexibility index (Phi) is 2.15. The Bertz CT molecular complexity index is 101. The number of hydrogen-bond donors (Lipinski definition) is 1. The summed E-state index contributed by atoms with van der Waals surface area (Å²) in [5, 5.41) is 2.98. The van der Waals surface area contributed by atoms with Gasteiger partial charge in [0.15, 0.2) is 0 Å². The van der Waals surface area contributed by atoms with Crippen molar-refractivity contribution in [2.75, 3.05) is 19.0 Å². The molecule has 0 saturated carbocycles. The Labute approximate surface area is 53.9 Å². The van der Waals surface area contributed by atoms with Crippen molar-refractivity contribution in [3.63, 3.8) is 0 Å². The van der Waals surface area contributed by atoms with E-state index in [0.29, 0.717) is 12.4 Å². The third-order valence-electron chi connectivity index (χ3n) is 0.926. The number of nitrogens with one attached hydrogen (secondary N) is 1. The number of nitrogens with zero attached hydrogens (tertiary/aromatic N) is 1. The third kappa shape index (κ3) is 1.37. The van der Waals surface area contributed by atoms with Crippen molar-refractivity contribution in [1.29, 1.82) is 0 Å². The molecule has 1 N–H and O–H groups in total. The summed E-state index contributed by atoms with van der Waals surface area (Å²) >= 11 is 5.46. The molecule has 8 heavy (non-hydrogen) atoms. The van der Waals surface area contributed by atoms with Crippen molar-refractivity contribution < 1.29 is 0 Å². The molecule has 0 amide bonds. The summed E-state index contributed by atoms with van der Waals surface area (Å²) in [5.74, 6) is 1.37. The van der Waals surface area contributed by atoms with Gasteiger partial charge >= 0.3 is 0 Å². The number of aliphatic imine (C=N–C) groups is 1. The fourth-order valence-corrected chi connectivity index (χ4v) is 0.696. The molecule has 2 nitrogen and oxygen atoms in total. The van der Waals surface area contributed by atoms with E-state index in [1.165, 1.54) is 0 Å². The van der Waals surface area contributed by atoms with Gasteiger partial charge in [-0.25, -0.2) is 0 Å². The molecule has 44 valence electrons.